The first-order chi connectivity index (χ1) is 17.5. The van der Waals surface area contributed by atoms with Gasteiger partial charge < -0.3 is 14.5 Å². The SMILES string of the molecule is CCCCCCCC/C=C\CCCCCCCCCCCCC(O)(CC)OP(=O)(O)C(C)C[N+](C)(C)C. The zero-order valence-electron chi connectivity index (χ0n) is 25.7. The zero-order chi connectivity index (χ0) is 28.0. The summed E-state index contributed by atoms with van der Waals surface area (Å²) in [6.07, 6.45) is 28.5. The Morgan fingerprint density at radius 3 is 1.57 bits per heavy atom. The van der Waals surface area contributed by atoms with E-state index in [-0.39, 0.29) is 0 Å². The van der Waals surface area contributed by atoms with Gasteiger partial charge in [0.05, 0.1) is 27.7 Å². The second kappa shape index (κ2) is 21.6. The lowest BCUT2D eigenvalue weighted by Crippen LogP contribution is -2.41. The van der Waals surface area contributed by atoms with E-state index in [1.165, 1.54) is 96.3 Å². The van der Waals surface area contributed by atoms with Gasteiger partial charge in [0.25, 0.3) is 0 Å². The third-order valence-electron chi connectivity index (χ3n) is 7.30. The van der Waals surface area contributed by atoms with Crippen LogP contribution < -0.4 is 0 Å². The van der Waals surface area contributed by atoms with Crippen molar-refractivity contribution < 1.29 is 23.6 Å². The van der Waals surface area contributed by atoms with Gasteiger partial charge in [0.2, 0.25) is 0 Å². The Hall–Kier alpha value is -0.190. The molecule has 0 fully saturated rings. The van der Waals surface area contributed by atoms with Crippen molar-refractivity contribution in [1.29, 1.82) is 0 Å². The van der Waals surface area contributed by atoms with Crippen LogP contribution in [0.1, 0.15) is 149 Å². The van der Waals surface area contributed by atoms with Crippen LogP contribution in [-0.2, 0) is 9.09 Å². The van der Waals surface area contributed by atoms with Crippen LogP contribution in [0.25, 0.3) is 0 Å². The molecule has 0 amide bonds. The summed E-state index contributed by atoms with van der Waals surface area (Å²) in [5.74, 6) is -1.51. The molecule has 0 aromatic carbocycles. The number of nitrogens with zero attached hydrogens (tertiary/aromatic N) is 1. The zero-order valence-corrected chi connectivity index (χ0v) is 26.6. The normalized spacial score (nSPS) is 16.6. The number of aliphatic hydroxyl groups is 1. The molecule has 0 spiro atoms. The Bertz CT molecular complexity index is 605. The van der Waals surface area contributed by atoms with Crippen molar-refractivity contribution >= 4 is 7.60 Å². The van der Waals surface area contributed by atoms with E-state index in [2.05, 4.69) is 19.1 Å². The molecular weight excluding hydrogens is 481 g/mol. The Kier molecular flexibility index (Phi) is 21.5. The Balaban J connectivity index is 3.72. The van der Waals surface area contributed by atoms with E-state index in [0.29, 0.717) is 23.9 Å². The fourth-order valence-corrected chi connectivity index (χ4v) is 6.46. The number of rotatable bonds is 26. The molecule has 0 rings (SSSR count). The highest BCUT2D eigenvalue weighted by atomic mass is 31.2. The van der Waals surface area contributed by atoms with Crippen LogP contribution >= 0.6 is 7.60 Å². The van der Waals surface area contributed by atoms with Crippen LogP contribution in [0.2, 0.25) is 0 Å². The molecule has 0 aliphatic heterocycles. The second-order valence-corrected chi connectivity index (χ2v) is 14.6. The summed E-state index contributed by atoms with van der Waals surface area (Å²) in [5.41, 5.74) is -0.517. The highest BCUT2D eigenvalue weighted by molar-refractivity contribution is 7.53. The molecule has 6 heteroatoms. The van der Waals surface area contributed by atoms with Crippen LogP contribution in [0.4, 0.5) is 0 Å². The molecule has 0 heterocycles. The van der Waals surface area contributed by atoms with Crippen molar-refractivity contribution in [3.63, 3.8) is 0 Å². The van der Waals surface area contributed by atoms with E-state index in [9.17, 15) is 14.6 Å². The summed E-state index contributed by atoms with van der Waals surface area (Å²) in [7, 11) is 2.07. The molecule has 3 atom stereocenters. The topological polar surface area (TPSA) is 66.8 Å². The van der Waals surface area contributed by atoms with Crippen LogP contribution in [0.15, 0.2) is 12.2 Å². The lowest BCUT2D eigenvalue weighted by molar-refractivity contribution is -0.869. The highest BCUT2D eigenvalue weighted by Gasteiger charge is 2.40. The van der Waals surface area contributed by atoms with Crippen molar-refractivity contribution in [3.05, 3.63) is 12.2 Å². The van der Waals surface area contributed by atoms with Gasteiger partial charge in [-0.25, -0.2) is 0 Å². The average molecular weight is 547 g/mol. The van der Waals surface area contributed by atoms with E-state index in [1.807, 2.05) is 28.1 Å². The Labute approximate surface area is 231 Å². The highest BCUT2D eigenvalue weighted by Crippen LogP contribution is 2.52. The predicted molar refractivity (Wildman–Crippen MR) is 161 cm³/mol. The molecule has 0 bridgehead atoms. The van der Waals surface area contributed by atoms with Gasteiger partial charge in [-0.15, -0.1) is 0 Å². The minimum absolute atomic E-state index is 0.323. The molecule has 2 N–H and O–H groups in total. The first-order valence-corrected chi connectivity index (χ1v) is 17.3. The molecule has 3 unspecified atom stereocenters. The first-order valence-electron chi connectivity index (χ1n) is 15.7. The Morgan fingerprint density at radius 1 is 0.757 bits per heavy atom. The van der Waals surface area contributed by atoms with E-state index in [0.717, 1.165) is 19.3 Å². The standard InChI is InChI=1S/C31H64NO4P/c1-7-9-10-11-12-13-14-15-16-17-18-19-20-21-22-23-24-25-26-27-28-31(33,8-2)36-37(34,35)30(3)29-32(4,5)6/h15-16,30,33H,7-14,17-29H2,1-6H3/p+1/b16-15-. The summed E-state index contributed by atoms with van der Waals surface area (Å²) in [6.45, 7) is 6.34. The minimum Gasteiger partial charge on any atom is -0.365 e. The van der Waals surface area contributed by atoms with Crippen LogP contribution in [0.3, 0.4) is 0 Å². The maximum atomic E-state index is 12.7. The van der Waals surface area contributed by atoms with Gasteiger partial charge in [-0.1, -0.05) is 109 Å². The third-order valence-corrected chi connectivity index (χ3v) is 9.18. The molecule has 0 aliphatic carbocycles. The molecule has 0 aromatic heterocycles. The molecule has 222 valence electrons. The Morgan fingerprint density at radius 2 is 1.16 bits per heavy atom. The van der Waals surface area contributed by atoms with Crippen molar-refractivity contribution in [2.75, 3.05) is 27.7 Å². The number of allylic oxidation sites excluding steroid dienone is 2. The summed E-state index contributed by atoms with van der Waals surface area (Å²) in [5, 5.41) is 10.8. The average Bonchev–Trinajstić information content (AvgIpc) is 2.81. The molecule has 0 aliphatic rings. The lowest BCUT2D eigenvalue weighted by Gasteiger charge is -2.34. The van der Waals surface area contributed by atoms with Crippen LogP contribution in [0.5, 0.6) is 0 Å². The summed E-state index contributed by atoms with van der Waals surface area (Å²) >= 11 is 0. The molecular formula is C31H65NO4P+. The molecule has 0 aromatic rings. The van der Waals surface area contributed by atoms with E-state index in [4.69, 9.17) is 4.52 Å². The molecule has 5 nitrogen and oxygen atoms in total. The van der Waals surface area contributed by atoms with Crippen molar-refractivity contribution in [3.8, 4) is 0 Å². The third kappa shape index (κ3) is 22.3. The quantitative estimate of drug-likeness (QED) is 0.0373. The number of unbranched alkanes of at least 4 members (excludes halogenated alkanes) is 16. The second-order valence-electron chi connectivity index (χ2n) is 12.4. The van der Waals surface area contributed by atoms with Gasteiger partial charge in [0.1, 0.15) is 5.66 Å². The summed E-state index contributed by atoms with van der Waals surface area (Å²) < 4.78 is 18.8. The summed E-state index contributed by atoms with van der Waals surface area (Å²) in [6, 6.07) is 0. The monoisotopic (exact) mass is 546 g/mol. The number of quaternary nitrogens is 1. The molecule has 0 saturated heterocycles. The molecule has 37 heavy (non-hydrogen) atoms. The smallest absolute Gasteiger partial charge is 0.339 e. The lowest BCUT2D eigenvalue weighted by atomic mass is 10.0. The van der Waals surface area contributed by atoms with Gasteiger partial charge >= 0.3 is 7.60 Å². The first kappa shape index (κ1) is 36.8. The predicted octanol–water partition coefficient (Wildman–Crippen LogP) is 9.37. The van der Waals surface area contributed by atoms with E-state index >= 15 is 0 Å². The van der Waals surface area contributed by atoms with Gasteiger partial charge in [0, 0.05) is 6.42 Å². The van der Waals surface area contributed by atoms with E-state index in [1.54, 1.807) is 6.92 Å². The van der Waals surface area contributed by atoms with Gasteiger partial charge in [-0.3, -0.25) is 9.09 Å². The van der Waals surface area contributed by atoms with E-state index < -0.39 is 19.0 Å². The number of hydrogen-bond donors (Lipinski definition) is 2. The van der Waals surface area contributed by atoms with Crippen molar-refractivity contribution in [2.24, 2.45) is 0 Å². The van der Waals surface area contributed by atoms with Crippen molar-refractivity contribution in [1.82, 2.24) is 0 Å². The van der Waals surface area contributed by atoms with Crippen molar-refractivity contribution in [2.45, 2.75) is 161 Å². The molecule has 0 saturated carbocycles. The largest absolute Gasteiger partial charge is 0.365 e. The maximum Gasteiger partial charge on any atom is 0.339 e. The van der Waals surface area contributed by atoms with Gasteiger partial charge in [-0.05, 0) is 45.4 Å². The molecule has 0 radical (unpaired) electrons. The number of hydrogen-bond acceptors (Lipinski definition) is 3. The van der Waals surface area contributed by atoms with Crippen LogP contribution in [-0.4, -0.2) is 53.6 Å². The summed E-state index contributed by atoms with van der Waals surface area (Å²) in [4.78, 5) is 10.4. The van der Waals surface area contributed by atoms with Crippen LogP contribution in [0, 0.1) is 0 Å². The van der Waals surface area contributed by atoms with Gasteiger partial charge in [-0.2, -0.15) is 0 Å². The van der Waals surface area contributed by atoms with Gasteiger partial charge in [0.15, 0.2) is 5.79 Å². The maximum absolute atomic E-state index is 12.7. The fraction of sp³-hybridized carbons (Fsp3) is 0.935. The minimum atomic E-state index is -3.88. The fourth-order valence-electron chi connectivity index (χ4n) is 4.87.